The first-order chi connectivity index (χ1) is 15.3. The van der Waals surface area contributed by atoms with Gasteiger partial charge in [0.05, 0.1) is 0 Å². The number of hydrogen-bond donors (Lipinski definition) is 1. The molecule has 4 heterocycles. The molecule has 5 heteroatoms. The summed E-state index contributed by atoms with van der Waals surface area (Å²) in [5, 5.41) is 3.17. The number of benzene rings is 2. The van der Waals surface area contributed by atoms with E-state index in [0.29, 0.717) is 6.04 Å². The molecule has 31 heavy (non-hydrogen) atoms. The van der Waals surface area contributed by atoms with E-state index in [-0.39, 0.29) is 5.91 Å². The molecule has 2 aromatic carbocycles. The van der Waals surface area contributed by atoms with E-state index < -0.39 is 0 Å². The Bertz CT molecular complexity index is 850. The number of para-hydroxylation sites is 1. The molecule has 0 aliphatic carbocycles. The van der Waals surface area contributed by atoms with Crippen LogP contribution in [-0.2, 0) is 0 Å². The van der Waals surface area contributed by atoms with E-state index in [1.165, 1.54) is 38.2 Å². The number of hydrogen-bond acceptors (Lipinski definition) is 4. The molecule has 4 saturated heterocycles. The first-order valence-electron chi connectivity index (χ1n) is 11.9. The van der Waals surface area contributed by atoms with Crippen molar-refractivity contribution < 1.29 is 4.79 Å². The summed E-state index contributed by atoms with van der Waals surface area (Å²) >= 11 is 0. The predicted octanol–water partition coefficient (Wildman–Crippen LogP) is 2.95. The van der Waals surface area contributed by atoms with Crippen molar-refractivity contribution in [2.24, 2.45) is 11.8 Å². The highest BCUT2D eigenvalue weighted by Gasteiger charge is 2.40. The van der Waals surface area contributed by atoms with Gasteiger partial charge in [-0.2, -0.15) is 0 Å². The number of piperazine rings is 1. The van der Waals surface area contributed by atoms with Gasteiger partial charge in [0.1, 0.15) is 0 Å². The maximum absolute atomic E-state index is 12.4. The van der Waals surface area contributed by atoms with Gasteiger partial charge >= 0.3 is 0 Å². The number of piperidine rings is 3. The molecule has 0 aromatic heterocycles. The Morgan fingerprint density at radius 1 is 0.903 bits per heavy atom. The number of amides is 1. The summed E-state index contributed by atoms with van der Waals surface area (Å²) in [6.45, 7) is 8.95. The second-order valence-corrected chi connectivity index (χ2v) is 9.39. The third kappa shape index (κ3) is 4.78. The molecular formula is C26H34N4O. The van der Waals surface area contributed by atoms with Crippen LogP contribution < -0.4 is 10.2 Å². The van der Waals surface area contributed by atoms with Crippen LogP contribution in [0.15, 0.2) is 60.7 Å². The van der Waals surface area contributed by atoms with Crippen LogP contribution in [0.2, 0.25) is 0 Å². The van der Waals surface area contributed by atoms with Crippen molar-refractivity contribution in [2.75, 3.05) is 57.3 Å². The largest absolute Gasteiger partial charge is 0.369 e. The molecule has 1 N–H and O–H groups in total. The molecule has 2 aromatic rings. The summed E-state index contributed by atoms with van der Waals surface area (Å²) in [6.07, 6.45) is 2.54. The second-order valence-electron chi connectivity index (χ2n) is 9.39. The van der Waals surface area contributed by atoms with Gasteiger partial charge in [-0.25, -0.2) is 0 Å². The standard InChI is InChI=1S/C26H34N4O/c31-26(21-7-3-1-4-8-21)27-18-25-17-22-11-12-30(25)20-23(22)19-28-13-15-29(16-14-28)24-9-5-2-6-10-24/h1-10,22-23,25H,11-20H2,(H,27,31)/t22-,23+,25-/m1/s1. The van der Waals surface area contributed by atoms with Gasteiger partial charge in [0.15, 0.2) is 0 Å². The summed E-state index contributed by atoms with van der Waals surface area (Å²) < 4.78 is 0. The molecule has 4 atom stereocenters. The Kier molecular flexibility index (Phi) is 6.23. The number of anilines is 1. The van der Waals surface area contributed by atoms with Crippen LogP contribution in [0.5, 0.6) is 0 Å². The number of fused-ring (bicyclic) bond motifs is 3. The van der Waals surface area contributed by atoms with Gasteiger partial charge in [-0.05, 0) is 55.5 Å². The highest BCUT2D eigenvalue weighted by Crippen LogP contribution is 2.36. The Morgan fingerprint density at radius 3 is 2.29 bits per heavy atom. The maximum atomic E-state index is 12.4. The smallest absolute Gasteiger partial charge is 0.251 e. The summed E-state index contributed by atoms with van der Waals surface area (Å²) in [4.78, 5) is 20.2. The van der Waals surface area contributed by atoms with E-state index in [4.69, 9.17) is 0 Å². The zero-order chi connectivity index (χ0) is 21.0. The van der Waals surface area contributed by atoms with E-state index in [1.54, 1.807) is 0 Å². The van der Waals surface area contributed by atoms with Gasteiger partial charge in [0, 0.05) is 63.1 Å². The molecule has 1 unspecified atom stereocenters. The maximum Gasteiger partial charge on any atom is 0.251 e. The molecule has 164 valence electrons. The number of rotatable bonds is 6. The summed E-state index contributed by atoms with van der Waals surface area (Å²) in [5.41, 5.74) is 2.11. The van der Waals surface area contributed by atoms with Crippen molar-refractivity contribution in [1.82, 2.24) is 15.1 Å². The van der Waals surface area contributed by atoms with Crippen LogP contribution in [0.1, 0.15) is 23.2 Å². The van der Waals surface area contributed by atoms with E-state index in [9.17, 15) is 4.79 Å². The van der Waals surface area contributed by atoms with Crippen molar-refractivity contribution in [3.05, 3.63) is 66.2 Å². The Hall–Kier alpha value is -2.37. The van der Waals surface area contributed by atoms with E-state index in [2.05, 4.69) is 50.3 Å². The second kappa shape index (κ2) is 9.41. The molecule has 4 aliphatic heterocycles. The zero-order valence-corrected chi connectivity index (χ0v) is 18.3. The fourth-order valence-corrected chi connectivity index (χ4v) is 5.73. The van der Waals surface area contributed by atoms with Crippen LogP contribution in [0.4, 0.5) is 5.69 Å². The van der Waals surface area contributed by atoms with Crippen LogP contribution in [0.3, 0.4) is 0 Å². The van der Waals surface area contributed by atoms with Crippen LogP contribution in [0.25, 0.3) is 0 Å². The minimum Gasteiger partial charge on any atom is -0.369 e. The Morgan fingerprint density at radius 2 is 1.61 bits per heavy atom. The van der Waals surface area contributed by atoms with Gasteiger partial charge in [-0.1, -0.05) is 36.4 Å². The van der Waals surface area contributed by atoms with Crippen LogP contribution in [-0.4, -0.2) is 74.1 Å². The number of nitrogens with zero attached hydrogens (tertiary/aromatic N) is 3. The third-order valence-electron chi connectivity index (χ3n) is 7.53. The molecule has 5 nitrogen and oxygen atoms in total. The number of carbonyl (C=O) groups excluding carboxylic acids is 1. The Labute approximate surface area is 186 Å². The summed E-state index contributed by atoms with van der Waals surface area (Å²) in [5.74, 6) is 1.63. The lowest BCUT2D eigenvalue weighted by Crippen LogP contribution is -2.59. The normalized spacial score (nSPS) is 28.5. The van der Waals surface area contributed by atoms with Gasteiger partial charge in [0.25, 0.3) is 5.91 Å². The molecule has 0 radical (unpaired) electrons. The topological polar surface area (TPSA) is 38.8 Å². The fraction of sp³-hybridized carbons (Fsp3) is 0.500. The van der Waals surface area contributed by atoms with E-state index in [0.717, 1.165) is 50.1 Å². The van der Waals surface area contributed by atoms with E-state index in [1.807, 2.05) is 30.3 Å². The monoisotopic (exact) mass is 418 g/mol. The molecule has 0 saturated carbocycles. The molecule has 0 spiro atoms. The lowest BCUT2D eigenvalue weighted by Gasteiger charge is -2.51. The van der Waals surface area contributed by atoms with Crippen LogP contribution >= 0.6 is 0 Å². The van der Waals surface area contributed by atoms with Crippen molar-refractivity contribution in [3.63, 3.8) is 0 Å². The van der Waals surface area contributed by atoms with Gasteiger partial charge in [-0.15, -0.1) is 0 Å². The molecular weight excluding hydrogens is 384 g/mol. The average molecular weight is 419 g/mol. The van der Waals surface area contributed by atoms with Crippen LogP contribution in [0, 0.1) is 11.8 Å². The SMILES string of the molecule is O=C(NC[C@H]1C[C@H]2CCN1C[C@@H]2CN1CCN(c2ccccc2)CC1)c1ccccc1. The quantitative estimate of drug-likeness (QED) is 0.783. The minimum atomic E-state index is 0.0519. The lowest BCUT2D eigenvalue weighted by atomic mass is 9.75. The molecule has 1 amide bonds. The van der Waals surface area contributed by atoms with Crippen molar-refractivity contribution in [1.29, 1.82) is 0 Å². The number of nitrogens with one attached hydrogen (secondary N) is 1. The average Bonchev–Trinajstić information content (AvgIpc) is 2.85. The molecule has 4 fully saturated rings. The van der Waals surface area contributed by atoms with Gasteiger partial charge in [-0.3, -0.25) is 14.6 Å². The molecule has 2 bridgehead atoms. The van der Waals surface area contributed by atoms with Crippen molar-refractivity contribution >= 4 is 11.6 Å². The summed E-state index contributed by atoms with van der Waals surface area (Å²) in [6, 6.07) is 20.9. The molecule has 4 aliphatic rings. The first-order valence-corrected chi connectivity index (χ1v) is 11.9. The number of carbonyl (C=O) groups is 1. The third-order valence-corrected chi connectivity index (χ3v) is 7.53. The predicted molar refractivity (Wildman–Crippen MR) is 125 cm³/mol. The lowest BCUT2D eigenvalue weighted by molar-refractivity contribution is -0.0120. The zero-order valence-electron chi connectivity index (χ0n) is 18.3. The highest BCUT2D eigenvalue weighted by molar-refractivity contribution is 5.94. The highest BCUT2D eigenvalue weighted by atomic mass is 16.1. The summed E-state index contributed by atoms with van der Waals surface area (Å²) in [7, 11) is 0. The molecule has 6 rings (SSSR count). The van der Waals surface area contributed by atoms with Crippen molar-refractivity contribution in [2.45, 2.75) is 18.9 Å². The first kappa shape index (κ1) is 20.5. The Balaban J connectivity index is 1.09. The van der Waals surface area contributed by atoms with Crippen molar-refractivity contribution in [3.8, 4) is 0 Å². The fourth-order valence-electron chi connectivity index (χ4n) is 5.73. The van der Waals surface area contributed by atoms with Gasteiger partial charge in [0.2, 0.25) is 0 Å². The minimum absolute atomic E-state index is 0.0519. The van der Waals surface area contributed by atoms with E-state index >= 15 is 0 Å². The van der Waals surface area contributed by atoms with Gasteiger partial charge < -0.3 is 10.2 Å².